The van der Waals surface area contributed by atoms with Gasteiger partial charge < -0.3 is 20.1 Å². The summed E-state index contributed by atoms with van der Waals surface area (Å²) < 4.78 is 8.19. The molecule has 0 radical (unpaired) electrons. The first-order chi connectivity index (χ1) is 16.2. The SMILES string of the molecule is CC[C@H]1COCCN1C(=O)/C=C/c1c(C)nn2c(=O)c(C(=O)NC3CC3)c(O)n(CC(C)C)c12. The first kappa shape index (κ1) is 24.0. The average molecular weight is 472 g/mol. The van der Waals surface area contributed by atoms with Crippen molar-refractivity contribution in [3.63, 3.8) is 0 Å². The maximum absolute atomic E-state index is 13.2. The van der Waals surface area contributed by atoms with Crippen molar-refractivity contribution in [1.82, 2.24) is 24.4 Å². The van der Waals surface area contributed by atoms with Gasteiger partial charge >= 0.3 is 0 Å². The molecule has 34 heavy (non-hydrogen) atoms. The molecule has 1 atom stereocenters. The monoisotopic (exact) mass is 471 g/mol. The fraction of sp³-hybridized carbons (Fsp3) is 0.583. The molecule has 10 nitrogen and oxygen atoms in total. The Morgan fingerprint density at radius 1 is 1.32 bits per heavy atom. The van der Waals surface area contributed by atoms with Gasteiger partial charge in [-0.3, -0.25) is 19.0 Å². The predicted molar refractivity (Wildman–Crippen MR) is 127 cm³/mol. The van der Waals surface area contributed by atoms with E-state index >= 15 is 0 Å². The van der Waals surface area contributed by atoms with Crippen LogP contribution in [-0.2, 0) is 16.1 Å². The molecule has 0 aromatic carbocycles. The van der Waals surface area contributed by atoms with Crippen LogP contribution in [0.1, 0.15) is 61.6 Å². The third-order valence-corrected chi connectivity index (χ3v) is 6.28. The van der Waals surface area contributed by atoms with E-state index in [2.05, 4.69) is 10.4 Å². The smallest absolute Gasteiger partial charge is 0.291 e. The van der Waals surface area contributed by atoms with Crippen molar-refractivity contribution in [1.29, 1.82) is 0 Å². The molecule has 2 aromatic rings. The van der Waals surface area contributed by atoms with Gasteiger partial charge in [-0.2, -0.15) is 9.61 Å². The molecule has 1 saturated carbocycles. The van der Waals surface area contributed by atoms with Crippen LogP contribution in [0.5, 0.6) is 5.88 Å². The van der Waals surface area contributed by atoms with Crippen LogP contribution in [0.2, 0.25) is 0 Å². The van der Waals surface area contributed by atoms with Crippen molar-refractivity contribution in [3.05, 3.63) is 33.3 Å². The molecule has 2 fully saturated rings. The van der Waals surface area contributed by atoms with Crippen LogP contribution in [0, 0.1) is 12.8 Å². The summed E-state index contributed by atoms with van der Waals surface area (Å²) in [5, 5.41) is 18.2. The molecule has 1 aliphatic carbocycles. The van der Waals surface area contributed by atoms with E-state index in [0.717, 1.165) is 23.8 Å². The lowest BCUT2D eigenvalue weighted by molar-refractivity contribution is -0.134. The standard InChI is InChI=1S/C24H33N5O5/c1-5-17-13-34-11-10-27(17)19(30)9-8-18-15(4)26-29-22(18)28(12-14(2)3)23(32)20(24(29)33)21(31)25-16-6-7-16/h8-9,14,16-17,32H,5-7,10-13H2,1-4H3,(H,25,31)/b9-8+/t17-/m0/s1. The molecule has 0 spiro atoms. The molecule has 10 heteroatoms. The summed E-state index contributed by atoms with van der Waals surface area (Å²) in [6, 6.07) is 0.0585. The zero-order valence-corrected chi connectivity index (χ0v) is 20.2. The number of carbonyl (C=O) groups excluding carboxylic acids is 2. The van der Waals surface area contributed by atoms with Gasteiger partial charge in [-0.15, -0.1) is 0 Å². The number of aromatic hydroxyl groups is 1. The van der Waals surface area contributed by atoms with Gasteiger partial charge in [-0.1, -0.05) is 20.8 Å². The third-order valence-electron chi connectivity index (χ3n) is 6.28. The Hall–Kier alpha value is -3.14. The largest absolute Gasteiger partial charge is 0.494 e. The van der Waals surface area contributed by atoms with E-state index in [9.17, 15) is 19.5 Å². The zero-order chi connectivity index (χ0) is 24.6. The van der Waals surface area contributed by atoms with E-state index in [-0.39, 0.29) is 35.4 Å². The lowest BCUT2D eigenvalue weighted by atomic mass is 10.1. The molecule has 0 bridgehead atoms. The van der Waals surface area contributed by atoms with Gasteiger partial charge in [0.05, 0.1) is 24.9 Å². The molecule has 2 N–H and O–H groups in total. The number of ether oxygens (including phenoxy) is 1. The highest BCUT2D eigenvalue weighted by Gasteiger charge is 2.30. The van der Waals surface area contributed by atoms with Crippen molar-refractivity contribution >= 4 is 23.5 Å². The minimum absolute atomic E-state index is 0.0200. The van der Waals surface area contributed by atoms with Crippen molar-refractivity contribution in [2.24, 2.45) is 5.92 Å². The highest BCUT2D eigenvalue weighted by molar-refractivity contribution is 5.97. The molecule has 3 heterocycles. The first-order valence-corrected chi connectivity index (χ1v) is 11.9. The molecule has 2 amide bonds. The van der Waals surface area contributed by atoms with E-state index in [1.54, 1.807) is 22.5 Å². The Labute approximate surface area is 198 Å². The number of nitrogens with zero attached hydrogens (tertiary/aromatic N) is 4. The van der Waals surface area contributed by atoms with E-state index < -0.39 is 11.5 Å². The van der Waals surface area contributed by atoms with Crippen LogP contribution in [0.15, 0.2) is 10.9 Å². The van der Waals surface area contributed by atoms with E-state index in [4.69, 9.17) is 4.74 Å². The molecule has 4 rings (SSSR count). The fourth-order valence-electron chi connectivity index (χ4n) is 4.32. The molecule has 2 aromatic heterocycles. The van der Waals surface area contributed by atoms with Crippen LogP contribution >= 0.6 is 0 Å². The zero-order valence-electron chi connectivity index (χ0n) is 20.2. The summed E-state index contributed by atoms with van der Waals surface area (Å²) in [6.07, 6.45) is 5.64. The van der Waals surface area contributed by atoms with Gasteiger partial charge in [0.25, 0.3) is 11.5 Å². The van der Waals surface area contributed by atoms with Gasteiger partial charge in [0, 0.05) is 30.8 Å². The van der Waals surface area contributed by atoms with Crippen molar-refractivity contribution < 1.29 is 19.4 Å². The van der Waals surface area contributed by atoms with Gasteiger partial charge in [0.1, 0.15) is 5.65 Å². The van der Waals surface area contributed by atoms with E-state index in [0.29, 0.717) is 43.2 Å². The van der Waals surface area contributed by atoms with Crippen LogP contribution in [0.4, 0.5) is 0 Å². The number of carbonyl (C=O) groups is 2. The van der Waals surface area contributed by atoms with Crippen molar-refractivity contribution in [2.45, 2.75) is 65.6 Å². The quantitative estimate of drug-likeness (QED) is 0.594. The summed E-state index contributed by atoms with van der Waals surface area (Å²) in [7, 11) is 0. The summed E-state index contributed by atoms with van der Waals surface area (Å²) >= 11 is 0. The number of aromatic nitrogens is 3. The summed E-state index contributed by atoms with van der Waals surface area (Å²) in [5.74, 6) is -1.01. The normalized spacial score (nSPS) is 18.9. The minimum atomic E-state index is -0.682. The summed E-state index contributed by atoms with van der Waals surface area (Å²) in [5.41, 5.74) is 0.436. The second-order valence-electron chi connectivity index (χ2n) is 9.49. The number of aryl methyl sites for hydroxylation is 1. The number of amides is 2. The Morgan fingerprint density at radius 3 is 2.71 bits per heavy atom. The number of nitrogens with one attached hydrogen (secondary N) is 1. The maximum Gasteiger partial charge on any atom is 0.291 e. The number of hydrogen-bond acceptors (Lipinski definition) is 6. The van der Waals surface area contributed by atoms with Crippen LogP contribution in [-0.4, -0.2) is 67.8 Å². The first-order valence-electron chi connectivity index (χ1n) is 11.9. The number of fused-ring (bicyclic) bond motifs is 1. The second kappa shape index (κ2) is 9.61. The lowest BCUT2D eigenvalue weighted by Crippen LogP contribution is -2.47. The van der Waals surface area contributed by atoms with Gasteiger partial charge in [0.15, 0.2) is 5.56 Å². The molecular weight excluding hydrogens is 438 g/mol. The van der Waals surface area contributed by atoms with Crippen LogP contribution in [0.3, 0.4) is 0 Å². The molecule has 1 aliphatic heterocycles. The van der Waals surface area contributed by atoms with Gasteiger partial charge in [-0.25, -0.2) is 0 Å². The maximum atomic E-state index is 13.2. The highest BCUT2D eigenvalue weighted by Crippen LogP contribution is 2.26. The molecule has 2 aliphatic rings. The second-order valence-corrected chi connectivity index (χ2v) is 9.49. The Bertz CT molecular complexity index is 1190. The van der Waals surface area contributed by atoms with Crippen molar-refractivity contribution in [3.8, 4) is 5.88 Å². The Kier molecular flexibility index (Phi) is 6.79. The van der Waals surface area contributed by atoms with Gasteiger partial charge in [-0.05, 0) is 38.2 Å². The number of rotatable bonds is 7. The highest BCUT2D eigenvalue weighted by atomic mass is 16.5. The summed E-state index contributed by atoms with van der Waals surface area (Å²) in [6.45, 7) is 9.60. The number of hydrogen-bond donors (Lipinski definition) is 2. The van der Waals surface area contributed by atoms with Gasteiger partial charge in [0.2, 0.25) is 11.8 Å². The fourth-order valence-corrected chi connectivity index (χ4v) is 4.32. The lowest BCUT2D eigenvalue weighted by Gasteiger charge is -2.34. The minimum Gasteiger partial charge on any atom is -0.494 e. The molecule has 1 saturated heterocycles. The van der Waals surface area contributed by atoms with Crippen LogP contribution < -0.4 is 10.9 Å². The van der Waals surface area contributed by atoms with E-state index in [1.807, 2.05) is 20.8 Å². The Balaban J connectivity index is 1.79. The topological polar surface area (TPSA) is 118 Å². The Morgan fingerprint density at radius 2 is 2.06 bits per heavy atom. The predicted octanol–water partition coefficient (Wildman–Crippen LogP) is 1.71. The number of morpholine rings is 1. The average Bonchev–Trinajstić information content (AvgIpc) is 3.55. The van der Waals surface area contributed by atoms with Crippen LogP contribution in [0.25, 0.3) is 11.7 Å². The molecule has 184 valence electrons. The van der Waals surface area contributed by atoms with E-state index in [1.165, 1.54) is 6.08 Å². The van der Waals surface area contributed by atoms with Crippen molar-refractivity contribution in [2.75, 3.05) is 19.8 Å². The molecular formula is C24H33N5O5. The third kappa shape index (κ3) is 4.59. The molecule has 0 unspecified atom stereocenters. The summed E-state index contributed by atoms with van der Waals surface area (Å²) in [4.78, 5) is 40.7.